The number of hydrogen-bond acceptors (Lipinski definition) is 7. The molecule has 2 aromatic rings. The van der Waals surface area contributed by atoms with E-state index >= 15 is 0 Å². The van der Waals surface area contributed by atoms with E-state index in [2.05, 4.69) is 20.5 Å². The van der Waals surface area contributed by atoms with Gasteiger partial charge in [-0.3, -0.25) is 10.1 Å². The van der Waals surface area contributed by atoms with Gasteiger partial charge in [-0.05, 0) is 13.3 Å². The van der Waals surface area contributed by atoms with E-state index in [0.717, 1.165) is 11.4 Å². The second-order valence-electron chi connectivity index (χ2n) is 3.28. The summed E-state index contributed by atoms with van der Waals surface area (Å²) in [5, 5.41) is 12.3. The Bertz CT molecular complexity index is 547. The minimum atomic E-state index is -0.240. The standard InChI is InChI=1S/C9H11N5OS2/c1-3-5-13-14-9(16-5)12-7(15)6-4(2)11-8(10)17-6/h3H2,1-2H3,(H2,10,11)(H,12,14,15). The number of amides is 1. The average Bonchev–Trinajstić information content (AvgIpc) is 2.85. The summed E-state index contributed by atoms with van der Waals surface area (Å²) in [7, 11) is 0. The van der Waals surface area contributed by atoms with Crippen molar-refractivity contribution in [3.8, 4) is 0 Å². The zero-order chi connectivity index (χ0) is 12.4. The summed E-state index contributed by atoms with van der Waals surface area (Å²) in [5.74, 6) is -0.240. The molecule has 3 N–H and O–H groups in total. The Morgan fingerprint density at radius 1 is 1.41 bits per heavy atom. The molecule has 0 spiro atoms. The highest BCUT2D eigenvalue weighted by atomic mass is 32.1. The van der Waals surface area contributed by atoms with Crippen LogP contribution >= 0.6 is 22.7 Å². The molecule has 2 heterocycles. The first-order chi connectivity index (χ1) is 8.10. The third-order valence-electron chi connectivity index (χ3n) is 2.01. The van der Waals surface area contributed by atoms with Crippen LogP contribution in [0.5, 0.6) is 0 Å². The van der Waals surface area contributed by atoms with Gasteiger partial charge in [0.2, 0.25) is 5.13 Å². The molecule has 0 aliphatic heterocycles. The number of nitrogens with two attached hydrogens (primary N) is 1. The number of thiazole rings is 1. The summed E-state index contributed by atoms with van der Waals surface area (Å²) < 4.78 is 0. The summed E-state index contributed by atoms with van der Waals surface area (Å²) in [4.78, 5) is 16.4. The molecule has 6 nitrogen and oxygen atoms in total. The lowest BCUT2D eigenvalue weighted by Crippen LogP contribution is -2.11. The molecule has 0 saturated heterocycles. The van der Waals surface area contributed by atoms with Crippen molar-refractivity contribution in [2.45, 2.75) is 20.3 Å². The Hall–Kier alpha value is -1.54. The summed E-state index contributed by atoms with van der Waals surface area (Å²) in [6.45, 7) is 3.74. The van der Waals surface area contributed by atoms with Crippen molar-refractivity contribution >= 4 is 38.8 Å². The van der Waals surface area contributed by atoms with E-state index in [1.807, 2.05) is 6.92 Å². The zero-order valence-corrected chi connectivity index (χ0v) is 11.0. The first-order valence-corrected chi connectivity index (χ1v) is 6.60. The predicted molar refractivity (Wildman–Crippen MR) is 68.5 cm³/mol. The lowest BCUT2D eigenvalue weighted by atomic mass is 10.4. The zero-order valence-electron chi connectivity index (χ0n) is 9.35. The number of nitrogen functional groups attached to an aromatic ring is 1. The van der Waals surface area contributed by atoms with E-state index in [9.17, 15) is 4.79 Å². The number of hydrogen-bond donors (Lipinski definition) is 2. The van der Waals surface area contributed by atoms with Crippen LogP contribution < -0.4 is 11.1 Å². The van der Waals surface area contributed by atoms with Crippen LogP contribution in [0.1, 0.15) is 27.3 Å². The molecule has 17 heavy (non-hydrogen) atoms. The first-order valence-electron chi connectivity index (χ1n) is 4.96. The SMILES string of the molecule is CCc1nnc(NC(=O)c2sc(N)nc2C)s1. The Kier molecular flexibility index (Phi) is 3.34. The lowest BCUT2D eigenvalue weighted by molar-refractivity contribution is 0.102. The molecule has 0 atom stereocenters. The number of carbonyl (C=O) groups excluding carboxylic acids is 1. The number of nitrogens with one attached hydrogen (secondary N) is 1. The van der Waals surface area contributed by atoms with Gasteiger partial charge in [0.15, 0.2) is 5.13 Å². The average molecular weight is 269 g/mol. The Morgan fingerprint density at radius 3 is 2.71 bits per heavy atom. The fourth-order valence-electron chi connectivity index (χ4n) is 1.23. The molecule has 0 saturated carbocycles. The molecule has 90 valence electrons. The molecule has 0 unspecified atom stereocenters. The summed E-state index contributed by atoms with van der Waals surface area (Å²) in [5.41, 5.74) is 6.17. The minimum Gasteiger partial charge on any atom is -0.375 e. The van der Waals surface area contributed by atoms with E-state index in [0.29, 0.717) is 20.8 Å². The molecule has 2 aromatic heterocycles. The molecule has 2 rings (SSSR count). The van der Waals surface area contributed by atoms with Crippen LogP contribution in [0, 0.1) is 6.92 Å². The number of rotatable bonds is 3. The van der Waals surface area contributed by atoms with Gasteiger partial charge in [-0.25, -0.2) is 4.98 Å². The highest BCUT2D eigenvalue weighted by molar-refractivity contribution is 7.18. The normalized spacial score (nSPS) is 10.5. The highest BCUT2D eigenvalue weighted by Gasteiger charge is 2.15. The van der Waals surface area contributed by atoms with Gasteiger partial charge in [0.25, 0.3) is 5.91 Å². The molecule has 0 aromatic carbocycles. The van der Waals surface area contributed by atoms with E-state index in [1.54, 1.807) is 6.92 Å². The summed E-state index contributed by atoms with van der Waals surface area (Å²) >= 11 is 2.53. The van der Waals surface area contributed by atoms with Gasteiger partial charge in [0.05, 0.1) is 5.69 Å². The molecule has 1 amide bonds. The van der Waals surface area contributed by atoms with E-state index < -0.39 is 0 Å². The van der Waals surface area contributed by atoms with Gasteiger partial charge in [-0.15, -0.1) is 10.2 Å². The maximum absolute atomic E-state index is 11.9. The summed E-state index contributed by atoms with van der Waals surface area (Å²) in [6, 6.07) is 0. The summed E-state index contributed by atoms with van der Waals surface area (Å²) in [6.07, 6.45) is 0.806. The highest BCUT2D eigenvalue weighted by Crippen LogP contribution is 2.22. The second-order valence-corrected chi connectivity index (χ2v) is 5.37. The van der Waals surface area contributed by atoms with Crippen LogP contribution in [-0.4, -0.2) is 21.1 Å². The first kappa shape index (κ1) is 11.9. The van der Waals surface area contributed by atoms with Gasteiger partial charge < -0.3 is 5.73 Å². The maximum Gasteiger partial charge on any atom is 0.269 e. The molecule has 8 heteroatoms. The molecule has 0 radical (unpaired) electrons. The number of nitrogens with zero attached hydrogens (tertiary/aromatic N) is 3. The molecule has 0 aliphatic carbocycles. The Labute approximate surface area is 106 Å². The lowest BCUT2D eigenvalue weighted by Gasteiger charge is -1.97. The third-order valence-corrected chi connectivity index (χ3v) is 3.98. The second kappa shape index (κ2) is 4.76. The van der Waals surface area contributed by atoms with E-state index in [1.165, 1.54) is 22.7 Å². The van der Waals surface area contributed by atoms with Crippen molar-refractivity contribution < 1.29 is 4.79 Å². The van der Waals surface area contributed by atoms with Gasteiger partial charge in [-0.2, -0.15) is 0 Å². The van der Waals surface area contributed by atoms with Crippen LogP contribution in [0.25, 0.3) is 0 Å². The van der Waals surface area contributed by atoms with Crippen molar-refractivity contribution in [2.24, 2.45) is 0 Å². The van der Waals surface area contributed by atoms with Crippen molar-refractivity contribution in [1.82, 2.24) is 15.2 Å². The van der Waals surface area contributed by atoms with Gasteiger partial charge >= 0.3 is 0 Å². The topological polar surface area (TPSA) is 93.8 Å². The van der Waals surface area contributed by atoms with Crippen LogP contribution in [0.4, 0.5) is 10.3 Å². The van der Waals surface area contributed by atoms with Crippen LogP contribution in [-0.2, 0) is 6.42 Å². The number of aromatic nitrogens is 3. The van der Waals surface area contributed by atoms with Gasteiger partial charge in [0.1, 0.15) is 9.88 Å². The molecular weight excluding hydrogens is 258 g/mol. The van der Waals surface area contributed by atoms with Gasteiger partial charge in [0, 0.05) is 0 Å². The fourth-order valence-corrected chi connectivity index (χ4v) is 2.63. The minimum absolute atomic E-state index is 0.240. The fraction of sp³-hybridized carbons (Fsp3) is 0.333. The largest absolute Gasteiger partial charge is 0.375 e. The predicted octanol–water partition coefficient (Wildman–Crippen LogP) is 1.70. The molecular formula is C9H11N5OS2. The van der Waals surface area contributed by atoms with Crippen molar-refractivity contribution in [1.29, 1.82) is 0 Å². The maximum atomic E-state index is 11.9. The van der Waals surface area contributed by atoms with Crippen LogP contribution in [0.15, 0.2) is 0 Å². The third kappa shape index (κ3) is 2.59. The van der Waals surface area contributed by atoms with E-state index in [-0.39, 0.29) is 5.91 Å². The van der Waals surface area contributed by atoms with Crippen molar-refractivity contribution in [3.63, 3.8) is 0 Å². The number of carbonyl (C=O) groups is 1. The molecule has 0 bridgehead atoms. The monoisotopic (exact) mass is 269 g/mol. The van der Waals surface area contributed by atoms with Crippen molar-refractivity contribution in [2.75, 3.05) is 11.1 Å². The molecule has 0 fully saturated rings. The van der Waals surface area contributed by atoms with Gasteiger partial charge in [-0.1, -0.05) is 29.6 Å². The number of aryl methyl sites for hydroxylation is 2. The van der Waals surface area contributed by atoms with Crippen LogP contribution in [0.2, 0.25) is 0 Å². The quantitative estimate of drug-likeness (QED) is 0.884. The van der Waals surface area contributed by atoms with E-state index in [4.69, 9.17) is 5.73 Å². The molecule has 0 aliphatic rings. The van der Waals surface area contributed by atoms with Crippen LogP contribution in [0.3, 0.4) is 0 Å². The number of anilines is 2. The van der Waals surface area contributed by atoms with Crippen molar-refractivity contribution in [3.05, 3.63) is 15.6 Å². The smallest absolute Gasteiger partial charge is 0.269 e. The Balaban J connectivity index is 2.14. The Morgan fingerprint density at radius 2 is 2.18 bits per heavy atom.